The lowest BCUT2D eigenvalue weighted by Crippen LogP contribution is -2.29. The van der Waals surface area contributed by atoms with Crippen LogP contribution in [0.5, 0.6) is 17.2 Å². The summed E-state index contributed by atoms with van der Waals surface area (Å²) in [5.74, 6) is 1.41. The Morgan fingerprint density at radius 3 is 2.38 bits per heavy atom. The minimum absolute atomic E-state index is 0.340. The first-order valence-corrected chi connectivity index (χ1v) is 7.46. The first-order chi connectivity index (χ1) is 11.6. The largest absolute Gasteiger partial charge is 0.493 e. The molecule has 2 amide bonds. The number of ether oxygens (including phenoxy) is 3. The summed E-state index contributed by atoms with van der Waals surface area (Å²) in [6.07, 6.45) is 3.46. The Morgan fingerprint density at radius 1 is 1.17 bits per heavy atom. The summed E-state index contributed by atoms with van der Waals surface area (Å²) in [7, 11) is 4.57. The highest BCUT2D eigenvalue weighted by atomic mass is 16.5. The molecule has 0 aliphatic carbocycles. The van der Waals surface area contributed by atoms with Gasteiger partial charge in [0.2, 0.25) is 5.75 Å². The third-order valence-corrected chi connectivity index (χ3v) is 3.49. The molecule has 2 aromatic rings. The molecule has 0 spiro atoms. The molecular weight excluding hydrogens is 312 g/mol. The van der Waals surface area contributed by atoms with E-state index in [2.05, 4.69) is 15.6 Å². The molecule has 8 heteroatoms. The number of nitrogens with zero attached hydrogens (tertiary/aromatic N) is 2. The van der Waals surface area contributed by atoms with E-state index in [1.807, 2.05) is 11.5 Å². The van der Waals surface area contributed by atoms with Crippen molar-refractivity contribution in [1.29, 1.82) is 0 Å². The van der Waals surface area contributed by atoms with Crippen LogP contribution in [0.2, 0.25) is 0 Å². The summed E-state index contributed by atoms with van der Waals surface area (Å²) < 4.78 is 17.7. The quantitative estimate of drug-likeness (QED) is 0.811. The number of nitrogens with one attached hydrogen (secondary N) is 2. The van der Waals surface area contributed by atoms with Crippen LogP contribution in [0.25, 0.3) is 0 Å². The summed E-state index contributed by atoms with van der Waals surface area (Å²) in [5, 5.41) is 5.54. The summed E-state index contributed by atoms with van der Waals surface area (Å²) in [4.78, 5) is 16.2. The maximum absolute atomic E-state index is 12.1. The summed E-state index contributed by atoms with van der Waals surface area (Å²) >= 11 is 0. The monoisotopic (exact) mass is 334 g/mol. The predicted molar refractivity (Wildman–Crippen MR) is 89.9 cm³/mol. The minimum Gasteiger partial charge on any atom is -0.493 e. The number of carbonyl (C=O) groups excluding carboxylic acids is 1. The number of urea groups is 1. The Labute approximate surface area is 140 Å². The number of aromatic nitrogens is 2. The number of aryl methyl sites for hydroxylation is 1. The van der Waals surface area contributed by atoms with E-state index in [-0.39, 0.29) is 6.03 Å². The van der Waals surface area contributed by atoms with Gasteiger partial charge in [-0.15, -0.1) is 0 Å². The van der Waals surface area contributed by atoms with E-state index in [9.17, 15) is 4.79 Å². The standard InChI is InChI=1S/C16H22N4O4/c1-5-20-10-17-8-12(20)9-18-16(21)19-11-6-13(22-2)15(24-4)14(7-11)23-3/h6-8,10H,5,9H2,1-4H3,(H2,18,19,21). The van der Waals surface area contributed by atoms with Gasteiger partial charge in [0.15, 0.2) is 11.5 Å². The molecule has 0 unspecified atom stereocenters. The number of hydrogen-bond donors (Lipinski definition) is 2. The zero-order valence-electron chi connectivity index (χ0n) is 14.3. The van der Waals surface area contributed by atoms with Crippen molar-refractivity contribution in [2.75, 3.05) is 26.6 Å². The molecule has 0 aliphatic rings. The van der Waals surface area contributed by atoms with E-state index in [1.165, 1.54) is 21.3 Å². The van der Waals surface area contributed by atoms with Gasteiger partial charge >= 0.3 is 6.03 Å². The van der Waals surface area contributed by atoms with Gasteiger partial charge in [-0.3, -0.25) is 0 Å². The highest BCUT2D eigenvalue weighted by molar-refractivity contribution is 5.90. The number of hydrogen-bond acceptors (Lipinski definition) is 5. The van der Waals surface area contributed by atoms with E-state index in [4.69, 9.17) is 14.2 Å². The van der Waals surface area contributed by atoms with E-state index in [0.717, 1.165) is 12.2 Å². The Balaban J connectivity index is 2.06. The summed E-state index contributed by atoms with van der Waals surface area (Å²) in [5.41, 5.74) is 1.46. The number of carbonyl (C=O) groups is 1. The number of imidazole rings is 1. The summed E-state index contributed by atoms with van der Waals surface area (Å²) in [6, 6.07) is 2.99. The lowest BCUT2D eigenvalue weighted by molar-refractivity contribution is 0.251. The third kappa shape index (κ3) is 3.89. The van der Waals surface area contributed by atoms with Gasteiger partial charge in [-0.05, 0) is 6.92 Å². The van der Waals surface area contributed by atoms with Gasteiger partial charge in [-0.25, -0.2) is 9.78 Å². The number of anilines is 1. The van der Waals surface area contributed by atoms with Crippen LogP contribution in [0.1, 0.15) is 12.6 Å². The van der Waals surface area contributed by atoms with Gasteiger partial charge in [0.25, 0.3) is 0 Å². The predicted octanol–water partition coefficient (Wildman–Crippen LogP) is 2.25. The zero-order valence-corrected chi connectivity index (χ0v) is 14.3. The SMILES string of the molecule is CCn1cncc1CNC(=O)Nc1cc(OC)c(OC)c(OC)c1. The molecule has 130 valence electrons. The molecule has 0 fully saturated rings. The number of rotatable bonds is 7. The average Bonchev–Trinajstić information content (AvgIpc) is 3.06. The van der Waals surface area contributed by atoms with Crippen molar-refractivity contribution in [1.82, 2.24) is 14.9 Å². The Hall–Kier alpha value is -2.90. The van der Waals surface area contributed by atoms with Crippen LogP contribution in [0.15, 0.2) is 24.7 Å². The fraction of sp³-hybridized carbons (Fsp3) is 0.375. The second-order valence-electron chi connectivity index (χ2n) is 4.89. The van der Waals surface area contributed by atoms with Crippen LogP contribution in [0, 0.1) is 0 Å². The Morgan fingerprint density at radius 2 is 1.83 bits per heavy atom. The van der Waals surface area contributed by atoms with Crippen molar-refractivity contribution >= 4 is 11.7 Å². The molecule has 1 aromatic heterocycles. The molecule has 1 aromatic carbocycles. The number of methoxy groups -OCH3 is 3. The molecule has 0 aliphatic heterocycles. The topological polar surface area (TPSA) is 86.6 Å². The zero-order chi connectivity index (χ0) is 17.5. The van der Waals surface area contributed by atoms with Crippen LogP contribution >= 0.6 is 0 Å². The van der Waals surface area contributed by atoms with Crippen molar-refractivity contribution in [3.63, 3.8) is 0 Å². The van der Waals surface area contributed by atoms with Gasteiger partial charge < -0.3 is 29.4 Å². The molecule has 0 saturated heterocycles. The van der Waals surface area contributed by atoms with E-state index in [0.29, 0.717) is 29.5 Å². The molecule has 1 heterocycles. The highest BCUT2D eigenvalue weighted by Crippen LogP contribution is 2.39. The van der Waals surface area contributed by atoms with Crippen molar-refractivity contribution in [3.8, 4) is 17.2 Å². The lowest BCUT2D eigenvalue weighted by atomic mass is 10.2. The Kier molecular flexibility index (Phi) is 5.89. The maximum Gasteiger partial charge on any atom is 0.319 e. The molecule has 0 saturated carbocycles. The van der Waals surface area contributed by atoms with Crippen LogP contribution in [-0.2, 0) is 13.1 Å². The smallest absolute Gasteiger partial charge is 0.319 e. The fourth-order valence-electron chi connectivity index (χ4n) is 2.28. The van der Waals surface area contributed by atoms with Crippen molar-refractivity contribution in [2.45, 2.75) is 20.0 Å². The number of amides is 2. The van der Waals surface area contributed by atoms with Crippen LogP contribution < -0.4 is 24.8 Å². The molecule has 2 rings (SSSR count). The average molecular weight is 334 g/mol. The van der Waals surface area contributed by atoms with Crippen molar-refractivity contribution < 1.29 is 19.0 Å². The minimum atomic E-state index is -0.340. The molecule has 0 bridgehead atoms. The molecule has 2 N–H and O–H groups in total. The van der Waals surface area contributed by atoms with E-state index >= 15 is 0 Å². The lowest BCUT2D eigenvalue weighted by Gasteiger charge is -2.15. The summed E-state index contributed by atoms with van der Waals surface area (Å²) in [6.45, 7) is 3.19. The fourth-order valence-corrected chi connectivity index (χ4v) is 2.28. The molecule has 0 radical (unpaired) electrons. The normalized spacial score (nSPS) is 10.2. The van der Waals surface area contributed by atoms with Crippen LogP contribution in [0.4, 0.5) is 10.5 Å². The highest BCUT2D eigenvalue weighted by Gasteiger charge is 2.14. The van der Waals surface area contributed by atoms with Gasteiger partial charge in [-0.1, -0.05) is 0 Å². The van der Waals surface area contributed by atoms with Crippen molar-refractivity contribution in [3.05, 3.63) is 30.4 Å². The van der Waals surface area contributed by atoms with Gasteiger partial charge in [0.05, 0.1) is 45.6 Å². The molecule has 24 heavy (non-hydrogen) atoms. The van der Waals surface area contributed by atoms with Crippen LogP contribution in [0.3, 0.4) is 0 Å². The first-order valence-electron chi connectivity index (χ1n) is 7.46. The van der Waals surface area contributed by atoms with Crippen molar-refractivity contribution in [2.24, 2.45) is 0 Å². The van der Waals surface area contributed by atoms with E-state index in [1.54, 1.807) is 24.7 Å². The first kappa shape index (κ1) is 17.5. The molecular formula is C16H22N4O4. The van der Waals surface area contributed by atoms with E-state index < -0.39 is 0 Å². The van der Waals surface area contributed by atoms with Crippen LogP contribution in [-0.4, -0.2) is 36.9 Å². The third-order valence-electron chi connectivity index (χ3n) is 3.49. The van der Waals surface area contributed by atoms with Gasteiger partial charge in [-0.2, -0.15) is 0 Å². The maximum atomic E-state index is 12.1. The molecule has 8 nitrogen and oxygen atoms in total. The Bertz CT molecular complexity index is 674. The second-order valence-corrected chi connectivity index (χ2v) is 4.89. The van der Waals surface area contributed by atoms with Gasteiger partial charge in [0, 0.05) is 24.9 Å². The number of benzene rings is 1. The van der Waals surface area contributed by atoms with Gasteiger partial charge in [0.1, 0.15) is 0 Å². The second kappa shape index (κ2) is 8.09. The molecule has 0 atom stereocenters.